The molecule has 2 rings (SSSR count). The van der Waals surface area contributed by atoms with Crippen molar-refractivity contribution in [2.24, 2.45) is 11.3 Å². The fourth-order valence-electron chi connectivity index (χ4n) is 3.59. The van der Waals surface area contributed by atoms with Gasteiger partial charge in [-0.15, -0.1) is 0 Å². The summed E-state index contributed by atoms with van der Waals surface area (Å²) < 4.78 is 11.3. The quantitative estimate of drug-likeness (QED) is 0.808. The number of hydrogen-bond donors (Lipinski definition) is 2. The van der Waals surface area contributed by atoms with E-state index in [1.165, 1.54) is 19.3 Å². The van der Waals surface area contributed by atoms with Crippen molar-refractivity contribution < 1.29 is 9.47 Å². The minimum atomic E-state index is 0.183. The molecule has 0 amide bonds. The standard InChI is InChI=1S/C16H32N2O2/c1-16(2,3)15(19-4)10-18-13-7-5-6-12(13)14-11-20-9-8-17-14/h12-15,17-18H,5-11H2,1-4H3. The second-order valence-corrected chi connectivity index (χ2v) is 7.34. The molecule has 4 unspecified atom stereocenters. The maximum atomic E-state index is 5.65. The van der Waals surface area contributed by atoms with Gasteiger partial charge in [0.15, 0.2) is 0 Å². The fourth-order valence-corrected chi connectivity index (χ4v) is 3.59. The molecule has 20 heavy (non-hydrogen) atoms. The van der Waals surface area contributed by atoms with Crippen LogP contribution in [0.4, 0.5) is 0 Å². The number of rotatable bonds is 5. The molecule has 118 valence electrons. The molecule has 1 heterocycles. The molecular weight excluding hydrogens is 252 g/mol. The van der Waals surface area contributed by atoms with Crippen LogP contribution in [0.2, 0.25) is 0 Å². The Bertz CT molecular complexity index is 285. The predicted octanol–water partition coefficient (Wildman–Crippen LogP) is 1.79. The van der Waals surface area contributed by atoms with Crippen molar-refractivity contribution in [3.8, 4) is 0 Å². The van der Waals surface area contributed by atoms with Gasteiger partial charge in [0.1, 0.15) is 0 Å². The first-order valence-corrected chi connectivity index (χ1v) is 8.09. The highest BCUT2D eigenvalue weighted by molar-refractivity contribution is 4.93. The van der Waals surface area contributed by atoms with Crippen LogP contribution in [0.3, 0.4) is 0 Å². The van der Waals surface area contributed by atoms with Crippen molar-refractivity contribution in [3.05, 3.63) is 0 Å². The van der Waals surface area contributed by atoms with Gasteiger partial charge in [-0.05, 0) is 24.2 Å². The van der Waals surface area contributed by atoms with Gasteiger partial charge in [0, 0.05) is 32.3 Å². The molecule has 2 N–H and O–H groups in total. The largest absolute Gasteiger partial charge is 0.380 e. The summed E-state index contributed by atoms with van der Waals surface area (Å²) in [6.45, 7) is 10.4. The van der Waals surface area contributed by atoms with E-state index in [1.54, 1.807) is 0 Å². The third-order valence-corrected chi connectivity index (χ3v) is 4.85. The Hall–Kier alpha value is -0.160. The first-order valence-electron chi connectivity index (χ1n) is 8.09. The van der Waals surface area contributed by atoms with Crippen LogP contribution in [-0.2, 0) is 9.47 Å². The number of nitrogens with one attached hydrogen (secondary N) is 2. The van der Waals surface area contributed by atoms with Gasteiger partial charge in [0.05, 0.1) is 19.3 Å². The number of methoxy groups -OCH3 is 1. The van der Waals surface area contributed by atoms with Crippen LogP contribution in [0, 0.1) is 11.3 Å². The highest BCUT2D eigenvalue weighted by Crippen LogP contribution is 2.30. The number of ether oxygens (including phenoxy) is 2. The van der Waals surface area contributed by atoms with E-state index < -0.39 is 0 Å². The molecule has 0 aromatic heterocycles. The molecule has 1 saturated heterocycles. The van der Waals surface area contributed by atoms with Gasteiger partial charge in [-0.1, -0.05) is 27.2 Å². The molecule has 2 fully saturated rings. The summed E-state index contributed by atoms with van der Waals surface area (Å²) in [7, 11) is 1.82. The van der Waals surface area contributed by atoms with E-state index in [-0.39, 0.29) is 11.5 Å². The Labute approximate surface area is 124 Å². The molecule has 1 saturated carbocycles. The summed E-state index contributed by atoms with van der Waals surface area (Å²) >= 11 is 0. The molecule has 1 aliphatic carbocycles. The van der Waals surface area contributed by atoms with Gasteiger partial charge >= 0.3 is 0 Å². The summed E-state index contributed by atoms with van der Waals surface area (Å²) in [6.07, 6.45) is 4.18. The van der Waals surface area contributed by atoms with Crippen molar-refractivity contribution in [3.63, 3.8) is 0 Å². The number of hydrogen-bond acceptors (Lipinski definition) is 4. The van der Waals surface area contributed by atoms with E-state index in [2.05, 4.69) is 31.4 Å². The molecule has 1 aliphatic heterocycles. The zero-order valence-electron chi connectivity index (χ0n) is 13.6. The molecule has 4 atom stereocenters. The van der Waals surface area contributed by atoms with Gasteiger partial charge in [-0.3, -0.25) is 0 Å². The SMILES string of the molecule is COC(CNC1CCCC1C1COCCN1)C(C)(C)C. The van der Waals surface area contributed by atoms with E-state index >= 15 is 0 Å². The van der Waals surface area contributed by atoms with E-state index in [4.69, 9.17) is 9.47 Å². The van der Waals surface area contributed by atoms with Crippen LogP contribution in [0.25, 0.3) is 0 Å². The Kier molecular flexibility index (Phi) is 5.84. The van der Waals surface area contributed by atoms with Crippen LogP contribution in [0.15, 0.2) is 0 Å². The third-order valence-electron chi connectivity index (χ3n) is 4.85. The van der Waals surface area contributed by atoms with E-state index in [9.17, 15) is 0 Å². The molecule has 0 aromatic rings. The second kappa shape index (κ2) is 7.21. The first kappa shape index (κ1) is 16.2. The average molecular weight is 284 g/mol. The smallest absolute Gasteiger partial charge is 0.0743 e. The van der Waals surface area contributed by atoms with Crippen molar-refractivity contribution in [2.45, 2.75) is 58.2 Å². The Balaban J connectivity index is 1.84. The van der Waals surface area contributed by atoms with Gasteiger partial charge in [0.25, 0.3) is 0 Å². The zero-order chi connectivity index (χ0) is 14.6. The molecule has 4 heteroatoms. The van der Waals surface area contributed by atoms with Gasteiger partial charge in [-0.25, -0.2) is 0 Å². The summed E-state index contributed by atoms with van der Waals surface area (Å²) in [6, 6.07) is 1.13. The van der Waals surface area contributed by atoms with E-state index in [0.29, 0.717) is 18.0 Å². The zero-order valence-corrected chi connectivity index (χ0v) is 13.6. The molecule has 0 aromatic carbocycles. The van der Waals surface area contributed by atoms with Crippen LogP contribution in [0.1, 0.15) is 40.0 Å². The first-order chi connectivity index (χ1) is 9.52. The third kappa shape index (κ3) is 4.17. The molecule has 2 aliphatic rings. The highest BCUT2D eigenvalue weighted by Gasteiger charge is 2.35. The molecule has 4 nitrogen and oxygen atoms in total. The molecule has 0 bridgehead atoms. The summed E-state index contributed by atoms with van der Waals surface area (Å²) in [5.41, 5.74) is 0.183. The summed E-state index contributed by atoms with van der Waals surface area (Å²) in [4.78, 5) is 0. The molecule has 0 radical (unpaired) electrons. The maximum absolute atomic E-state index is 5.65. The van der Waals surface area contributed by atoms with E-state index in [0.717, 1.165) is 26.3 Å². The van der Waals surface area contributed by atoms with Crippen LogP contribution < -0.4 is 10.6 Å². The minimum absolute atomic E-state index is 0.183. The predicted molar refractivity (Wildman–Crippen MR) is 82.0 cm³/mol. The minimum Gasteiger partial charge on any atom is -0.380 e. The Morgan fingerprint density at radius 2 is 2.15 bits per heavy atom. The Morgan fingerprint density at radius 3 is 2.75 bits per heavy atom. The van der Waals surface area contributed by atoms with Crippen molar-refractivity contribution in [2.75, 3.05) is 33.4 Å². The molecular formula is C16H32N2O2. The maximum Gasteiger partial charge on any atom is 0.0743 e. The Morgan fingerprint density at radius 1 is 1.35 bits per heavy atom. The van der Waals surface area contributed by atoms with Gasteiger partial charge < -0.3 is 20.1 Å². The average Bonchev–Trinajstić information content (AvgIpc) is 2.87. The van der Waals surface area contributed by atoms with Crippen LogP contribution >= 0.6 is 0 Å². The molecule has 0 spiro atoms. The normalized spacial score (nSPS) is 33.3. The fraction of sp³-hybridized carbons (Fsp3) is 1.00. The lowest BCUT2D eigenvalue weighted by atomic mass is 9.88. The summed E-state index contributed by atoms with van der Waals surface area (Å²) in [5.74, 6) is 0.702. The lowest BCUT2D eigenvalue weighted by molar-refractivity contribution is 0.0120. The van der Waals surface area contributed by atoms with Crippen molar-refractivity contribution in [1.29, 1.82) is 0 Å². The summed E-state index contributed by atoms with van der Waals surface area (Å²) in [5, 5.41) is 7.39. The van der Waals surface area contributed by atoms with Crippen LogP contribution in [-0.4, -0.2) is 51.6 Å². The van der Waals surface area contributed by atoms with Crippen molar-refractivity contribution >= 4 is 0 Å². The van der Waals surface area contributed by atoms with Crippen LogP contribution in [0.5, 0.6) is 0 Å². The monoisotopic (exact) mass is 284 g/mol. The number of morpholine rings is 1. The van der Waals surface area contributed by atoms with E-state index in [1.807, 2.05) is 7.11 Å². The highest BCUT2D eigenvalue weighted by atomic mass is 16.5. The topological polar surface area (TPSA) is 42.5 Å². The lowest BCUT2D eigenvalue weighted by Crippen LogP contribution is -2.52. The second-order valence-electron chi connectivity index (χ2n) is 7.34. The van der Waals surface area contributed by atoms with Gasteiger partial charge in [-0.2, -0.15) is 0 Å². The van der Waals surface area contributed by atoms with Crippen molar-refractivity contribution in [1.82, 2.24) is 10.6 Å². The lowest BCUT2D eigenvalue weighted by Gasteiger charge is -2.35. The van der Waals surface area contributed by atoms with Gasteiger partial charge in [0.2, 0.25) is 0 Å².